The number of thiazole rings is 1. The van der Waals surface area contributed by atoms with Gasteiger partial charge in [-0.05, 0) is 19.5 Å². The van der Waals surface area contributed by atoms with Crippen LogP contribution in [-0.4, -0.2) is 11.5 Å². The first-order valence-corrected chi connectivity index (χ1v) is 6.48. The van der Waals surface area contributed by atoms with Gasteiger partial charge in [0, 0.05) is 16.6 Å². The molecule has 0 aliphatic rings. The van der Waals surface area contributed by atoms with Crippen molar-refractivity contribution in [1.29, 1.82) is 0 Å². The van der Waals surface area contributed by atoms with Gasteiger partial charge in [-0.3, -0.25) is 4.98 Å². The number of aryl methyl sites for hydroxylation is 1. The first-order valence-electron chi connectivity index (χ1n) is 5.60. The number of rotatable bonds is 4. The van der Waals surface area contributed by atoms with Crippen molar-refractivity contribution in [1.82, 2.24) is 10.3 Å². The minimum atomic E-state index is -0.171. The van der Waals surface area contributed by atoms with Gasteiger partial charge in [-0.25, -0.2) is 4.39 Å². The van der Waals surface area contributed by atoms with Gasteiger partial charge in [0.1, 0.15) is 5.82 Å². The molecule has 0 aliphatic carbocycles. The average Bonchev–Trinajstić information content (AvgIpc) is 2.83. The topological polar surface area (TPSA) is 24.9 Å². The second-order valence-corrected chi connectivity index (χ2v) is 4.84. The highest BCUT2D eigenvalue weighted by molar-refractivity contribution is 7.09. The zero-order valence-electron chi connectivity index (χ0n) is 9.90. The lowest BCUT2D eigenvalue weighted by Gasteiger charge is -2.17. The Bertz CT molecular complexity index is 482. The molecule has 2 aromatic rings. The van der Waals surface area contributed by atoms with Gasteiger partial charge >= 0.3 is 0 Å². The number of hydrogen-bond acceptors (Lipinski definition) is 3. The van der Waals surface area contributed by atoms with Gasteiger partial charge in [0.2, 0.25) is 0 Å². The van der Waals surface area contributed by atoms with E-state index in [-0.39, 0.29) is 11.9 Å². The molecular formula is C13H15FN2S. The number of halogens is 1. The predicted octanol–water partition coefficient (Wildman–Crippen LogP) is 3.29. The summed E-state index contributed by atoms with van der Waals surface area (Å²) in [6, 6.07) is 5.10. The van der Waals surface area contributed by atoms with Crippen LogP contribution in [0.4, 0.5) is 4.39 Å². The van der Waals surface area contributed by atoms with Crippen LogP contribution in [0.25, 0.3) is 0 Å². The molecule has 1 aromatic heterocycles. The molecule has 0 radical (unpaired) electrons. The molecule has 1 N–H and O–H groups in total. The first-order chi connectivity index (χ1) is 8.22. The fourth-order valence-electron chi connectivity index (χ4n) is 1.82. The van der Waals surface area contributed by atoms with Gasteiger partial charge in [-0.1, -0.05) is 24.6 Å². The largest absolute Gasteiger partial charge is 0.306 e. The first kappa shape index (κ1) is 12.2. The van der Waals surface area contributed by atoms with Crippen molar-refractivity contribution < 1.29 is 4.39 Å². The molecule has 0 spiro atoms. The second kappa shape index (κ2) is 5.38. The van der Waals surface area contributed by atoms with Crippen LogP contribution in [0.5, 0.6) is 0 Å². The van der Waals surface area contributed by atoms with Crippen molar-refractivity contribution >= 4 is 11.3 Å². The highest BCUT2D eigenvalue weighted by Crippen LogP contribution is 2.27. The highest BCUT2D eigenvalue weighted by atomic mass is 32.1. The Balaban J connectivity index is 2.42. The van der Waals surface area contributed by atoms with E-state index in [1.165, 1.54) is 6.07 Å². The van der Waals surface area contributed by atoms with Gasteiger partial charge < -0.3 is 5.32 Å². The molecule has 4 heteroatoms. The molecule has 1 unspecified atom stereocenters. The van der Waals surface area contributed by atoms with Gasteiger partial charge in [0.05, 0.1) is 11.6 Å². The fourth-order valence-corrected chi connectivity index (χ4v) is 2.53. The average molecular weight is 250 g/mol. The lowest BCUT2D eigenvalue weighted by atomic mass is 10.0. The summed E-state index contributed by atoms with van der Waals surface area (Å²) in [5, 5.41) is 3.30. The minimum absolute atomic E-state index is 0.104. The van der Waals surface area contributed by atoms with Crippen LogP contribution in [-0.2, 0) is 0 Å². The summed E-state index contributed by atoms with van der Waals surface area (Å²) in [4.78, 5) is 5.10. The van der Waals surface area contributed by atoms with Crippen LogP contribution in [0.15, 0.2) is 29.9 Å². The van der Waals surface area contributed by atoms with E-state index < -0.39 is 0 Å². The van der Waals surface area contributed by atoms with Crippen molar-refractivity contribution in [3.8, 4) is 0 Å². The molecular weight excluding hydrogens is 235 g/mol. The Morgan fingerprint density at radius 1 is 1.47 bits per heavy atom. The van der Waals surface area contributed by atoms with Crippen LogP contribution >= 0.6 is 11.3 Å². The van der Waals surface area contributed by atoms with Crippen molar-refractivity contribution in [3.63, 3.8) is 0 Å². The van der Waals surface area contributed by atoms with E-state index in [4.69, 9.17) is 0 Å². The number of nitrogens with one attached hydrogen (secondary N) is 1. The predicted molar refractivity (Wildman–Crippen MR) is 68.8 cm³/mol. The number of aromatic nitrogens is 1. The summed E-state index contributed by atoms with van der Waals surface area (Å²) >= 11 is 1.54. The van der Waals surface area contributed by atoms with E-state index >= 15 is 0 Å². The van der Waals surface area contributed by atoms with Crippen LogP contribution in [0, 0.1) is 12.7 Å². The third-order valence-corrected chi connectivity index (χ3v) is 3.45. The van der Waals surface area contributed by atoms with Crippen molar-refractivity contribution in [3.05, 3.63) is 51.7 Å². The normalized spacial score (nSPS) is 12.6. The van der Waals surface area contributed by atoms with Gasteiger partial charge in [-0.15, -0.1) is 11.3 Å². The SMILES string of the molecule is CCNC(c1cncs1)c1cc(C)ccc1F. The van der Waals surface area contributed by atoms with E-state index in [0.29, 0.717) is 5.56 Å². The van der Waals surface area contributed by atoms with E-state index in [0.717, 1.165) is 17.0 Å². The molecule has 0 saturated carbocycles. The summed E-state index contributed by atoms with van der Waals surface area (Å²) in [5.41, 5.74) is 3.53. The molecule has 0 saturated heterocycles. The molecule has 2 nitrogen and oxygen atoms in total. The maximum atomic E-state index is 13.9. The minimum Gasteiger partial charge on any atom is -0.306 e. The van der Waals surface area contributed by atoms with Crippen molar-refractivity contribution in [2.45, 2.75) is 19.9 Å². The molecule has 90 valence electrons. The van der Waals surface area contributed by atoms with Crippen LogP contribution in [0.2, 0.25) is 0 Å². The lowest BCUT2D eigenvalue weighted by molar-refractivity contribution is 0.562. The Morgan fingerprint density at radius 2 is 2.29 bits per heavy atom. The van der Waals surface area contributed by atoms with E-state index in [2.05, 4.69) is 10.3 Å². The van der Waals surface area contributed by atoms with E-state index in [1.54, 1.807) is 29.1 Å². The molecule has 1 atom stereocenters. The summed E-state index contributed by atoms with van der Waals surface area (Å²) in [5.74, 6) is -0.171. The Kier molecular flexibility index (Phi) is 3.86. The molecule has 1 heterocycles. The number of benzene rings is 1. The third-order valence-electron chi connectivity index (χ3n) is 2.61. The monoisotopic (exact) mass is 250 g/mol. The van der Waals surface area contributed by atoms with E-state index in [9.17, 15) is 4.39 Å². The number of hydrogen-bond donors (Lipinski definition) is 1. The van der Waals surface area contributed by atoms with Crippen molar-refractivity contribution in [2.24, 2.45) is 0 Å². The smallest absolute Gasteiger partial charge is 0.128 e. The van der Waals surface area contributed by atoms with Gasteiger partial charge in [0.25, 0.3) is 0 Å². The van der Waals surface area contributed by atoms with Crippen LogP contribution in [0.3, 0.4) is 0 Å². The van der Waals surface area contributed by atoms with Crippen LogP contribution in [0.1, 0.15) is 29.0 Å². The Hall–Kier alpha value is -1.26. The lowest BCUT2D eigenvalue weighted by Crippen LogP contribution is -2.22. The molecule has 0 aliphatic heterocycles. The molecule has 2 rings (SSSR count). The summed E-state index contributed by atoms with van der Waals surface area (Å²) in [7, 11) is 0. The van der Waals surface area contributed by atoms with E-state index in [1.807, 2.05) is 19.9 Å². The van der Waals surface area contributed by atoms with Crippen molar-refractivity contribution in [2.75, 3.05) is 6.54 Å². The molecule has 0 amide bonds. The fraction of sp³-hybridized carbons (Fsp3) is 0.308. The maximum Gasteiger partial charge on any atom is 0.128 e. The number of nitrogens with zero attached hydrogens (tertiary/aromatic N) is 1. The second-order valence-electron chi connectivity index (χ2n) is 3.92. The standard InChI is InChI=1S/C13H15FN2S/c1-3-16-13(12-7-15-8-17-12)10-6-9(2)4-5-11(10)14/h4-8,13,16H,3H2,1-2H3. The molecule has 17 heavy (non-hydrogen) atoms. The summed E-state index contributed by atoms with van der Waals surface area (Å²) in [6.07, 6.45) is 1.79. The quantitative estimate of drug-likeness (QED) is 0.900. The van der Waals surface area contributed by atoms with Crippen LogP contribution < -0.4 is 5.32 Å². The zero-order valence-corrected chi connectivity index (χ0v) is 10.7. The third kappa shape index (κ3) is 2.70. The molecule has 0 fully saturated rings. The summed E-state index contributed by atoms with van der Waals surface area (Å²) in [6.45, 7) is 4.77. The maximum absolute atomic E-state index is 13.9. The molecule has 0 bridgehead atoms. The van der Waals surface area contributed by atoms with Gasteiger partial charge in [0.15, 0.2) is 0 Å². The zero-order chi connectivity index (χ0) is 12.3. The summed E-state index contributed by atoms with van der Waals surface area (Å²) < 4.78 is 13.9. The molecule has 1 aromatic carbocycles. The highest BCUT2D eigenvalue weighted by Gasteiger charge is 2.18. The Morgan fingerprint density at radius 3 is 2.94 bits per heavy atom. The Labute approximate surface area is 105 Å². The van der Waals surface area contributed by atoms with Gasteiger partial charge in [-0.2, -0.15) is 0 Å².